The number of carboxylic acid groups (broad SMARTS) is 1. The molecule has 0 atom stereocenters. The predicted molar refractivity (Wildman–Crippen MR) is 98.1 cm³/mol. The number of anilines is 2. The molecule has 2 N–H and O–H groups in total. The lowest BCUT2D eigenvalue weighted by atomic mass is 9.96. The second-order valence-corrected chi connectivity index (χ2v) is 8.07. The van der Waals surface area contributed by atoms with Gasteiger partial charge in [0.15, 0.2) is 0 Å². The molecule has 1 heterocycles. The second kappa shape index (κ2) is 8.39. The van der Waals surface area contributed by atoms with Crippen molar-refractivity contribution < 1.29 is 27.9 Å². The van der Waals surface area contributed by atoms with E-state index in [2.05, 4.69) is 4.72 Å². The van der Waals surface area contributed by atoms with E-state index in [1.807, 2.05) is 4.90 Å². The summed E-state index contributed by atoms with van der Waals surface area (Å²) in [6.07, 6.45) is 1.17. The van der Waals surface area contributed by atoms with Gasteiger partial charge in [-0.3, -0.25) is 9.52 Å². The zero-order chi connectivity index (χ0) is 19.3. The monoisotopic (exact) mass is 384 g/mol. The van der Waals surface area contributed by atoms with Crippen molar-refractivity contribution in [2.45, 2.75) is 26.7 Å². The van der Waals surface area contributed by atoms with Crippen LogP contribution in [-0.2, 0) is 19.6 Å². The van der Waals surface area contributed by atoms with Crippen LogP contribution in [0.3, 0.4) is 0 Å². The van der Waals surface area contributed by atoms with Crippen LogP contribution in [0.2, 0.25) is 0 Å². The lowest BCUT2D eigenvalue weighted by Gasteiger charge is -2.33. The molecular weight excluding hydrogens is 360 g/mol. The predicted octanol–water partition coefficient (Wildman–Crippen LogP) is 1.93. The third kappa shape index (κ3) is 4.87. The van der Waals surface area contributed by atoms with E-state index >= 15 is 0 Å². The van der Waals surface area contributed by atoms with Gasteiger partial charge in [-0.05, 0) is 44.9 Å². The molecule has 1 aliphatic rings. The molecule has 1 aliphatic heterocycles. The molecule has 0 unspecified atom stereocenters. The van der Waals surface area contributed by atoms with E-state index in [0.717, 1.165) is 0 Å². The maximum atomic E-state index is 11.8. The van der Waals surface area contributed by atoms with Crippen LogP contribution in [0.5, 0.6) is 0 Å². The van der Waals surface area contributed by atoms with E-state index in [9.17, 15) is 23.1 Å². The number of rotatable bonds is 7. The maximum absolute atomic E-state index is 11.8. The van der Waals surface area contributed by atoms with E-state index in [4.69, 9.17) is 4.74 Å². The van der Waals surface area contributed by atoms with Gasteiger partial charge in [0.25, 0.3) is 0 Å². The lowest BCUT2D eigenvalue weighted by molar-refractivity contribution is -0.148. The third-order valence-corrected chi connectivity index (χ3v) is 5.64. The van der Waals surface area contributed by atoms with Crippen LogP contribution < -0.4 is 9.62 Å². The van der Waals surface area contributed by atoms with Crippen molar-refractivity contribution in [2.75, 3.05) is 35.1 Å². The first-order valence-corrected chi connectivity index (χ1v) is 10.2. The van der Waals surface area contributed by atoms with Crippen molar-refractivity contribution in [2.24, 2.45) is 5.92 Å². The molecule has 1 saturated heterocycles. The van der Waals surface area contributed by atoms with Gasteiger partial charge in [-0.15, -0.1) is 0 Å². The molecule has 0 aromatic heterocycles. The Hall–Kier alpha value is -2.29. The standard InChI is InChI=1S/C17H24N2O6S/c1-3-25-17(22)12-7-9-19(10-8-12)15-6-5-13(11-14(15)16(20)21)18-26(23,24)4-2/h5-6,11-12,18H,3-4,7-10H2,1-2H3,(H,20,21). The first-order chi connectivity index (χ1) is 12.3. The average Bonchev–Trinajstić information content (AvgIpc) is 2.61. The third-order valence-electron chi connectivity index (χ3n) is 4.34. The summed E-state index contributed by atoms with van der Waals surface area (Å²) in [6, 6.07) is 4.47. The molecule has 0 aliphatic carbocycles. The number of carboxylic acids is 1. The van der Waals surface area contributed by atoms with Crippen LogP contribution in [-0.4, -0.2) is 50.9 Å². The number of piperidine rings is 1. The van der Waals surface area contributed by atoms with Crippen molar-refractivity contribution in [1.29, 1.82) is 0 Å². The van der Waals surface area contributed by atoms with Crippen molar-refractivity contribution in [3.05, 3.63) is 23.8 Å². The zero-order valence-corrected chi connectivity index (χ0v) is 15.7. The van der Waals surface area contributed by atoms with Gasteiger partial charge in [0.1, 0.15) is 0 Å². The number of carbonyl (C=O) groups is 2. The Kier molecular flexibility index (Phi) is 6.47. The Morgan fingerprint density at radius 2 is 1.92 bits per heavy atom. The van der Waals surface area contributed by atoms with Gasteiger partial charge >= 0.3 is 11.9 Å². The molecule has 9 heteroatoms. The van der Waals surface area contributed by atoms with Crippen LogP contribution in [0, 0.1) is 5.92 Å². The molecule has 144 valence electrons. The molecule has 26 heavy (non-hydrogen) atoms. The summed E-state index contributed by atoms with van der Waals surface area (Å²) in [5.74, 6) is -1.62. The highest BCUT2D eigenvalue weighted by molar-refractivity contribution is 7.92. The number of sulfonamides is 1. The largest absolute Gasteiger partial charge is 0.478 e. The first-order valence-electron chi connectivity index (χ1n) is 8.56. The number of nitrogens with zero attached hydrogens (tertiary/aromatic N) is 1. The summed E-state index contributed by atoms with van der Waals surface area (Å²) in [5, 5.41) is 9.51. The highest BCUT2D eigenvalue weighted by Crippen LogP contribution is 2.29. The molecule has 8 nitrogen and oxygen atoms in total. The van der Waals surface area contributed by atoms with E-state index < -0.39 is 16.0 Å². The van der Waals surface area contributed by atoms with Crippen molar-refractivity contribution in [3.8, 4) is 0 Å². The summed E-state index contributed by atoms with van der Waals surface area (Å²) < 4.78 is 30.8. The van der Waals surface area contributed by atoms with Gasteiger partial charge in [-0.1, -0.05) is 0 Å². The molecule has 1 aromatic carbocycles. The van der Waals surface area contributed by atoms with Crippen LogP contribution >= 0.6 is 0 Å². The fraction of sp³-hybridized carbons (Fsp3) is 0.529. The fourth-order valence-electron chi connectivity index (χ4n) is 2.91. The van der Waals surface area contributed by atoms with E-state index in [1.54, 1.807) is 19.1 Å². The van der Waals surface area contributed by atoms with Crippen LogP contribution in [0.25, 0.3) is 0 Å². The van der Waals surface area contributed by atoms with Gasteiger partial charge in [0, 0.05) is 18.8 Å². The molecule has 2 rings (SSSR count). The Balaban J connectivity index is 2.17. The van der Waals surface area contributed by atoms with Crippen LogP contribution in [0.1, 0.15) is 37.0 Å². The van der Waals surface area contributed by atoms with Gasteiger partial charge in [-0.2, -0.15) is 0 Å². The Bertz CT molecular complexity index is 769. The van der Waals surface area contributed by atoms with Crippen LogP contribution in [0.15, 0.2) is 18.2 Å². The number of ether oxygens (including phenoxy) is 1. The quantitative estimate of drug-likeness (QED) is 0.691. The molecular formula is C17H24N2O6S. The highest BCUT2D eigenvalue weighted by atomic mass is 32.2. The number of aromatic carboxylic acids is 1. The number of nitrogens with one attached hydrogen (secondary N) is 1. The number of esters is 1. The average molecular weight is 384 g/mol. The van der Waals surface area contributed by atoms with Crippen molar-refractivity contribution in [1.82, 2.24) is 0 Å². The number of carbonyl (C=O) groups excluding carboxylic acids is 1. The topological polar surface area (TPSA) is 113 Å². The second-order valence-electron chi connectivity index (χ2n) is 6.06. The first kappa shape index (κ1) is 20.0. The summed E-state index contributed by atoms with van der Waals surface area (Å²) >= 11 is 0. The highest BCUT2D eigenvalue weighted by Gasteiger charge is 2.28. The normalized spacial score (nSPS) is 15.5. The van der Waals surface area contributed by atoms with Crippen molar-refractivity contribution in [3.63, 3.8) is 0 Å². The molecule has 0 spiro atoms. The molecule has 0 bridgehead atoms. The minimum Gasteiger partial charge on any atom is -0.478 e. The van der Waals surface area contributed by atoms with Crippen molar-refractivity contribution >= 4 is 33.3 Å². The summed E-state index contributed by atoms with van der Waals surface area (Å²) in [4.78, 5) is 25.4. The molecule has 1 fully saturated rings. The zero-order valence-electron chi connectivity index (χ0n) is 14.9. The summed E-state index contributed by atoms with van der Waals surface area (Å²) in [7, 11) is -3.48. The minimum atomic E-state index is -3.48. The summed E-state index contributed by atoms with van der Waals surface area (Å²) in [5.41, 5.74) is 0.754. The lowest BCUT2D eigenvalue weighted by Crippen LogP contribution is -2.37. The molecule has 0 amide bonds. The Labute approximate surface area is 153 Å². The number of benzene rings is 1. The molecule has 0 saturated carbocycles. The van der Waals surface area contributed by atoms with Crippen LogP contribution in [0.4, 0.5) is 11.4 Å². The van der Waals surface area contributed by atoms with Gasteiger partial charge in [0.05, 0.1) is 29.5 Å². The Morgan fingerprint density at radius 3 is 2.46 bits per heavy atom. The maximum Gasteiger partial charge on any atom is 0.337 e. The van der Waals surface area contributed by atoms with Gasteiger partial charge < -0.3 is 14.7 Å². The van der Waals surface area contributed by atoms with E-state index in [-0.39, 0.29) is 28.9 Å². The van der Waals surface area contributed by atoms with E-state index in [0.29, 0.717) is 38.2 Å². The molecule has 1 aromatic rings. The minimum absolute atomic E-state index is 0.0240. The smallest absolute Gasteiger partial charge is 0.337 e. The SMILES string of the molecule is CCOC(=O)C1CCN(c2ccc(NS(=O)(=O)CC)cc2C(=O)O)CC1. The van der Waals surface area contributed by atoms with Gasteiger partial charge in [-0.25, -0.2) is 13.2 Å². The number of hydrogen-bond donors (Lipinski definition) is 2. The van der Waals surface area contributed by atoms with Gasteiger partial charge in [0.2, 0.25) is 10.0 Å². The molecule has 0 radical (unpaired) electrons. The Morgan fingerprint density at radius 1 is 1.27 bits per heavy atom. The summed E-state index contributed by atoms with van der Waals surface area (Å²) in [6.45, 7) is 4.67. The number of hydrogen-bond acceptors (Lipinski definition) is 6. The van der Waals surface area contributed by atoms with E-state index in [1.165, 1.54) is 13.0 Å². The fourth-order valence-corrected chi connectivity index (χ4v) is 3.54.